The molecule has 4 heteroatoms. The highest BCUT2D eigenvalue weighted by Gasteiger charge is 2.15. The molecule has 17 heavy (non-hydrogen) atoms. The predicted octanol–water partition coefficient (Wildman–Crippen LogP) is 2.86. The molecule has 3 heterocycles. The maximum Gasteiger partial charge on any atom is 0.159 e. The lowest BCUT2D eigenvalue weighted by Crippen LogP contribution is -2.28. The number of halogens is 1. The lowest BCUT2D eigenvalue weighted by Gasteiger charge is -2.22. The van der Waals surface area contributed by atoms with Gasteiger partial charge in [-0.2, -0.15) is 0 Å². The van der Waals surface area contributed by atoms with Crippen LogP contribution in [-0.4, -0.2) is 23.1 Å². The second-order valence-electron chi connectivity index (χ2n) is 4.51. The normalized spacial score (nSPS) is 20.6. The van der Waals surface area contributed by atoms with Crippen LogP contribution >= 0.6 is 15.9 Å². The summed E-state index contributed by atoms with van der Waals surface area (Å²) in [7, 11) is 0. The molecule has 1 aliphatic rings. The number of rotatable bonds is 1. The van der Waals surface area contributed by atoms with E-state index in [1.165, 1.54) is 18.4 Å². The Labute approximate surface area is 109 Å². The summed E-state index contributed by atoms with van der Waals surface area (Å²) in [5, 5.41) is 4.55. The van der Waals surface area contributed by atoms with E-state index >= 15 is 0 Å². The molecule has 0 saturated carbocycles. The van der Waals surface area contributed by atoms with Crippen molar-refractivity contribution >= 4 is 27.0 Å². The van der Waals surface area contributed by atoms with Crippen molar-refractivity contribution < 1.29 is 0 Å². The lowest BCUT2D eigenvalue weighted by molar-refractivity contribution is 0.461. The Morgan fingerprint density at radius 1 is 1.24 bits per heavy atom. The number of piperidine rings is 1. The van der Waals surface area contributed by atoms with Crippen LogP contribution in [0.5, 0.6) is 0 Å². The van der Waals surface area contributed by atoms with Crippen LogP contribution in [0.2, 0.25) is 0 Å². The summed E-state index contributed by atoms with van der Waals surface area (Å²) in [6.07, 6.45) is 6.26. The first-order valence-corrected chi connectivity index (χ1v) is 6.74. The fourth-order valence-electron chi connectivity index (χ4n) is 2.37. The first-order valence-electron chi connectivity index (χ1n) is 5.95. The van der Waals surface area contributed by atoms with E-state index in [2.05, 4.69) is 43.3 Å². The van der Waals surface area contributed by atoms with E-state index < -0.39 is 0 Å². The van der Waals surface area contributed by atoms with Crippen molar-refractivity contribution in [3.05, 3.63) is 34.6 Å². The molecule has 1 saturated heterocycles. The van der Waals surface area contributed by atoms with Crippen LogP contribution in [0.15, 0.2) is 29.0 Å². The first kappa shape index (κ1) is 11.1. The Morgan fingerprint density at radius 2 is 2.12 bits per heavy atom. The highest BCUT2D eigenvalue weighted by molar-refractivity contribution is 9.10. The predicted molar refractivity (Wildman–Crippen MR) is 72.1 cm³/mol. The van der Waals surface area contributed by atoms with Crippen molar-refractivity contribution in [2.24, 2.45) is 0 Å². The third kappa shape index (κ3) is 2.33. The van der Waals surface area contributed by atoms with Crippen LogP contribution in [0.3, 0.4) is 0 Å². The number of aromatic nitrogens is 2. The topological polar surface area (TPSA) is 37.8 Å². The van der Waals surface area contributed by atoms with Crippen LogP contribution in [0, 0.1) is 0 Å². The lowest BCUT2D eigenvalue weighted by atomic mass is 9.92. The molecule has 0 radical (unpaired) electrons. The minimum Gasteiger partial charge on any atom is -0.316 e. The summed E-state index contributed by atoms with van der Waals surface area (Å²) in [6.45, 7) is 2.21. The molecule has 0 aromatic carbocycles. The molecule has 88 valence electrons. The van der Waals surface area contributed by atoms with Gasteiger partial charge in [-0.05, 0) is 58.9 Å². The van der Waals surface area contributed by atoms with Gasteiger partial charge in [-0.25, -0.2) is 9.97 Å². The van der Waals surface area contributed by atoms with Crippen LogP contribution in [0.4, 0.5) is 0 Å². The molecular weight excluding hydrogens is 278 g/mol. The SMILES string of the molecule is Brc1cnc2ncc(C3CCCNC3)cc2c1. The van der Waals surface area contributed by atoms with Gasteiger partial charge in [-0.15, -0.1) is 0 Å². The van der Waals surface area contributed by atoms with Gasteiger partial charge in [0.1, 0.15) is 0 Å². The van der Waals surface area contributed by atoms with Crippen molar-refractivity contribution in [1.29, 1.82) is 0 Å². The highest BCUT2D eigenvalue weighted by Crippen LogP contribution is 2.25. The molecule has 1 atom stereocenters. The van der Waals surface area contributed by atoms with E-state index in [-0.39, 0.29) is 0 Å². The van der Waals surface area contributed by atoms with Crippen LogP contribution in [0.25, 0.3) is 11.0 Å². The Hall–Kier alpha value is -1.00. The molecule has 1 unspecified atom stereocenters. The molecule has 1 aliphatic heterocycles. The number of hydrogen-bond donors (Lipinski definition) is 1. The summed E-state index contributed by atoms with van der Waals surface area (Å²) in [5.41, 5.74) is 2.14. The molecule has 0 amide bonds. The molecule has 3 nitrogen and oxygen atoms in total. The largest absolute Gasteiger partial charge is 0.316 e. The van der Waals surface area contributed by atoms with Crippen LogP contribution < -0.4 is 5.32 Å². The monoisotopic (exact) mass is 291 g/mol. The summed E-state index contributed by atoms with van der Waals surface area (Å²) in [6, 6.07) is 4.30. The Morgan fingerprint density at radius 3 is 2.94 bits per heavy atom. The van der Waals surface area contributed by atoms with Crippen molar-refractivity contribution in [1.82, 2.24) is 15.3 Å². The van der Waals surface area contributed by atoms with Crippen LogP contribution in [-0.2, 0) is 0 Å². The Kier molecular flexibility index (Phi) is 3.07. The summed E-state index contributed by atoms with van der Waals surface area (Å²) in [4.78, 5) is 8.73. The number of nitrogens with zero attached hydrogens (tertiary/aromatic N) is 2. The summed E-state index contributed by atoms with van der Waals surface area (Å²) in [5.74, 6) is 0.597. The average Bonchev–Trinajstić information content (AvgIpc) is 2.39. The van der Waals surface area contributed by atoms with Crippen molar-refractivity contribution in [3.8, 4) is 0 Å². The van der Waals surface area contributed by atoms with Crippen molar-refractivity contribution in [3.63, 3.8) is 0 Å². The van der Waals surface area contributed by atoms with E-state index in [9.17, 15) is 0 Å². The summed E-state index contributed by atoms with van der Waals surface area (Å²) >= 11 is 3.45. The maximum atomic E-state index is 4.44. The van der Waals surface area contributed by atoms with Gasteiger partial charge in [0.2, 0.25) is 0 Å². The van der Waals surface area contributed by atoms with Crippen molar-refractivity contribution in [2.75, 3.05) is 13.1 Å². The molecule has 2 aromatic heterocycles. The zero-order valence-corrected chi connectivity index (χ0v) is 11.1. The zero-order chi connectivity index (χ0) is 11.7. The van der Waals surface area contributed by atoms with E-state index in [1.807, 2.05) is 6.20 Å². The maximum absolute atomic E-state index is 4.44. The molecule has 0 bridgehead atoms. The van der Waals surface area contributed by atoms with Crippen molar-refractivity contribution in [2.45, 2.75) is 18.8 Å². The van der Waals surface area contributed by atoms with Gasteiger partial charge >= 0.3 is 0 Å². The van der Waals surface area contributed by atoms with E-state index in [0.29, 0.717) is 5.92 Å². The van der Waals surface area contributed by atoms with Gasteiger partial charge in [-0.1, -0.05) is 0 Å². The highest BCUT2D eigenvalue weighted by atomic mass is 79.9. The quantitative estimate of drug-likeness (QED) is 0.878. The number of fused-ring (bicyclic) bond motifs is 1. The van der Waals surface area contributed by atoms with Gasteiger partial charge in [0, 0.05) is 28.8 Å². The Bertz CT molecular complexity index is 535. The fourth-order valence-corrected chi connectivity index (χ4v) is 2.72. The van der Waals surface area contributed by atoms with Crippen LogP contribution in [0.1, 0.15) is 24.3 Å². The van der Waals surface area contributed by atoms with Gasteiger partial charge in [-0.3, -0.25) is 0 Å². The smallest absolute Gasteiger partial charge is 0.159 e. The van der Waals surface area contributed by atoms with Gasteiger partial charge in [0.05, 0.1) is 0 Å². The summed E-state index contributed by atoms with van der Waals surface area (Å²) < 4.78 is 1.01. The molecule has 3 rings (SSSR count). The fraction of sp³-hybridized carbons (Fsp3) is 0.385. The number of hydrogen-bond acceptors (Lipinski definition) is 3. The average molecular weight is 292 g/mol. The zero-order valence-electron chi connectivity index (χ0n) is 9.49. The molecule has 0 spiro atoms. The number of nitrogens with one attached hydrogen (secondary N) is 1. The van der Waals surface area contributed by atoms with E-state index in [1.54, 1.807) is 6.20 Å². The van der Waals surface area contributed by atoms with Gasteiger partial charge < -0.3 is 5.32 Å². The first-order chi connectivity index (χ1) is 8.33. The third-order valence-corrected chi connectivity index (χ3v) is 3.72. The van der Waals surface area contributed by atoms with Gasteiger partial charge in [0.15, 0.2) is 5.65 Å². The number of pyridine rings is 2. The van der Waals surface area contributed by atoms with E-state index in [0.717, 1.165) is 28.6 Å². The molecule has 1 N–H and O–H groups in total. The second kappa shape index (κ2) is 4.70. The minimum absolute atomic E-state index is 0.597. The third-order valence-electron chi connectivity index (χ3n) is 3.29. The minimum atomic E-state index is 0.597. The standard InChI is InChI=1S/C13H14BrN3/c14-12-5-10-4-11(7-16-13(10)17-8-12)9-2-1-3-15-6-9/h4-5,7-9,15H,1-3,6H2. The second-order valence-corrected chi connectivity index (χ2v) is 5.43. The molecule has 0 aliphatic carbocycles. The Balaban J connectivity index is 1.99. The molecular formula is C13H14BrN3. The molecule has 2 aromatic rings. The van der Waals surface area contributed by atoms with E-state index in [4.69, 9.17) is 0 Å². The molecule has 1 fully saturated rings. The van der Waals surface area contributed by atoms with Gasteiger partial charge in [0.25, 0.3) is 0 Å².